The molecular weight excluding hydrogens is 454 g/mol. The number of benzene rings is 2. The van der Waals surface area contributed by atoms with Crippen molar-refractivity contribution in [3.8, 4) is 0 Å². The van der Waals surface area contributed by atoms with Crippen LogP contribution in [0.15, 0.2) is 60.8 Å². The molecule has 1 aliphatic rings. The van der Waals surface area contributed by atoms with Crippen LogP contribution >= 0.6 is 0 Å². The molecule has 3 amide bonds. The van der Waals surface area contributed by atoms with E-state index in [1.54, 1.807) is 6.92 Å². The highest BCUT2D eigenvalue weighted by Crippen LogP contribution is 2.19. The van der Waals surface area contributed by atoms with Crippen molar-refractivity contribution in [2.45, 2.75) is 51.2 Å². The lowest BCUT2D eigenvalue weighted by Gasteiger charge is -2.23. The van der Waals surface area contributed by atoms with Gasteiger partial charge in [-0.3, -0.25) is 19.3 Å². The van der Waals surface area contributed by atoms with Crippen molar-refractivity contribution in [3.63, 3.8) is 0 Å². The van der Waals surface area contributed by atoms with Crippen molar-refractivity contribution in [1.29, 1.82) is 0 Å². The first-order chi connectivity index (χ1) is 17.5. The van der Waals surface area contributed by atoms with Gasteiger partial charge in [0.05, 0.1) is 0 Å². The first-order valence-electron chi connectivity index (χ1n) is 12.7. The Morgan fingerprint density at radius 3 is 2.47 bits per heavy atom. The fourth-order valence-electron chi connectivity index (χ4n) is 4.62. The molecule has 0 spiro atoms. The summed E-state index contributed by atoms with van der Waals surface area (Å²) in [5.74, 6) is -0.759. The average Bonchev–Trinajstić information content (AvgIpc) is 3.28. The molecule has 4 rings (SSSR count). The summed E-state index contributed by atoms with van der Waals surface area (Å²) in [6.07, 6.45) is 4.05. The molecule has 190 valence electrons. The van der Waals surface area contributed by atoms with E-state index in [-0.39, 0.29) is 17.7 Å². The first-order valence-corrected chi connectivity index (χ1v) is 12.7. The largest absolute Gasteiger partial charge is 0.361 e. The summed E-state index contributed by atoms with van der Waals surface area (Å²) in [6, 6.07) is 16.6. The van der Waals surface area contributed by atoms with E-state index in [0.717, 1.165) is 42.5 Å². The van der Waals surface area contributed by atoms with Crippen molar-refractivity contribution >= 4 is 28.6 Å². The van der Waals surface area contributed by atoms with Crippen molar-refractivity contribution in [2.75, 3.05) is 19.6 Å². The highest BCUT2D eigenvalue weighted by molar-refractivity contribution is 5.92. The van der Waals surface area contributed by atoms with Crippen molar-refractivity contribution < 1.29 is 14.4 Å². The van der Waals surface area contributed by atoms with Gasteiger partial charge in [0.25, 0.3) is 0 Å². The van der Waals surface area contributed by atoms with Gasteiger partial charge < -0.3 is 20.9 Å². The molecule has 0 saturated carbocycles. The van der Waals surface area contributed by atoms with E-state index in [2.05, 4.69) is 38.0 Å². The van der Waals surface area contributed by atoms with Crippen LogP contribution in [0.5, 0.6) is 0 Å². The number of nitrogens with zero attached hydrogens (tertiary/aromatic N) is 1. The van der Waals surface area contributed by atoms with Crippen LogP contribution in [0.3, 0.4) is 0 Å². The molecule has 8 heteroatoms. The Morgan fingerprint density at radius 2 is 1.64 bits per heavy atom. The van der Waals surface area contributed by atoms with Crippen LogP contribution in [0.1, 0.15) is 37.3 Å². The molecule has 0 radical (unpaired) electrons. The molecular formula is C28H35N5O3. The van der Waals surface area contributed by atoms with Gasteiger partial charge in [0.15, 0.2) is 0 Å². The van der Waals surface area contributed by atoms with E-state index >= 15 is 0 Å². The van der Waals surface area contributed by atoms with Crippen LogP contribution in [0.4, 0.5) is 0 Å². The Kier molecular flexibility index (Phi) is 8.73. The second-order valence-corrected chi connectivity index (χ2v) is 9.42. The third-order valence-corrected chi connectivity index (χ3v) is 6.58. The van der Waals surface area contributed by atoms with Gasteiger partial charge in [-0.25, -0.2) is 0 Å². The summed E-state index contributed by atoms with van der Waals surface area (Å²) >= 11 is 0. The van der Waals surface area contributed by atoms with Gasteiger partial charge in [0.1, 0.15) is 12.1 Å². The fourth-order valence-corrected chi connectivity index (χ4v) is 4.62. The molecule has 0 aliphatic carbocycles. The van der Waals surface area contributed by atoms with Gasteiger partial charge in [-0.1, -0.05) is 48.5 Å². The minimum atomic E-state index is -0.749. The Morgan fingerprint density at radius 1 is 0.889 bits per heavy atom. The van der Waals surface area contributed by atoms with Gasteiger partial charge in [0, 0.05) is 49.6 Å². The number of carbonyl (C=O) groups is 3. The maximum absolute atomic E-state index is 13.2. The quantitative estimate of drug-likeness (QED) is 0.452. The lowest BCUT2D eigenvalue weighted by Crippen LogP contribution is -2.53. The van der Waals surface area contributed by atoms with Gasteiger partial charge >= 0.3 is 0 Å². The summed E-state index contributed by atoms with van der Waals surface area (Å²) in [7, 11) is 0. The summed E-state index contributed by atoms with van der Waals surface area (Å²) in [5, 5.41) is 9.68. The molecule has 2 aromatic carbocycles. The molecule has 0 bridgehead atoms. The Hall–Kier alpha value is -3.65. The molecule has 2 atom stereocenters. The van der Waals surface area contributed by atoms with Crippen LogP contribution in [0.2, 0.25) is 0 Å². The van der Waals surface area contributed by atoms with Crippen molar-refractivity contribution in [3.05, 3.63) is 71.9 Å². The molecule has 1 fully saturated rings. The lowest BCUT2D eigenvalue weighted by molar-refractivity contribution is -0.131. The highest BCUT2D eigenvalue weighted by atomic mass is 16.2. The number of para-hydroxylation sites is 1. The molecule has 8 nitrogen and oxygen atoms in total. The first kappa shape index (κ1) is 25.4. The number of hydrogen-bond acceptors (Lipinski definition) is 4. The molecule has 3 aromatic rings. The standard InChI is InChI=1S/C28H35N5O3/c1-20-27(35)32-25(17-22-18-30-24-12-6-5-11-23(22)24)28(36)29-14-8-16-33(15-7-13-26(34)31-20)19-21-9-3-2-4-10-21/h2-6,9-12,18,20,25,30H,7-8,13-17,19H2,1H3,(H,29,36)(H,31,34)(H,32,35)/t20-,25+/m0/s1. The van der Waals surface area contributed by atoms with Crippen LogP contribution in [0, 0.1) is 0 Å². The topological polar surface area (TPSA) is 106 Å². The number of H-pyrrole nitrogens is 1. The van der Waals surface area contributed by atoms with E-state index in [4.69, 9.17) is 0 Å². The summed E-state index contributed by atoms with van der Waals surface area (Å²) in [4.78, 5) is 44.1. The number of aromatic nitrogens is 1. The number of amides is 3. The van der Waals surface area contributed by atoms with Crippen LogP contribution in [-0.2, 0) is 27.3 Å². The van der Waals surface area contributed by atoms with Crippen molar-refractivity contribution in [1.82, 2.24) is 25.8 Å². The van der Waals surface area contributed by atoms with E-state index in [9.17, 15) is 14.4 Å². The van der Waals surface area contributed by atoms with Gasteiger partial charge in [-0.2, -0.15) is 0 Å². The number of rotatable bonds is 4. The number of nitrogens with one attached hydrogen (secondary N) is 4. The summed E-state index contributed by atoms with van der Waals surface area (Å²) in [5.41, 5.74) is 3.15. The van der Waals surface area contributed by atoms with Gasteiger partial charge in [-0.15, -0.1) is 0 Å². The normalized spacial score (nSPS) is 21.2. The highest BCUT2D eigenvalue weighted by Gasteiger charge is 2.25. The van der Waals surface area contributed by atoms with Crippen molar-refractivity contribution in [2.24, 2.45) is 0 Å². The number of hydrogen-bond donors (Lipinski definition) is 4. The monoisotopic (exact) mass is 489 g/mol. The molecule has 0 unspecified atom stereocenters. The maximum Gasteiger partial charge on any atom is 0.242 e. The average molecular weight is 490 g/mol. The number of carbonyl (C=O) groups excluding carboxylic acids is 3. The summed E-state index contributed by atoms with van der Waals surface area (Å²) in [6.45, 7) is 4.51. The van der Waals surface area contributed by atoms with E-state index < -0.39 is 12.1 Å². The predicted molar refractivity (Wildman–Crippen MR) is 140 cm³/mol. The summed E-state index contributed by atoms with van der Waals surface area (Å²) < 4.78 is 0. The Bertz CT molecular complexity index is 1180. The van der Waals surface area contributed by atoms with Crippen LogP contribution in [0.25, 0.3) is 10.9 Å². The zero-order valence-electron chi connectivity index (χ0n) is 20.8. The Labute approximate surface area is 211 Å². The predicted octanol–water partition coefficient (Wildman–Crippen LogP) is 2.50. The van der Waals surface area contributed by atoms with E-state index in [0.29, 0.717) is 25.8 Å². The van der Waals surface area contributed by atoms with Crippen LogP contribution in [-0.4, -0.2) is 59.3 Å². The number of fused-ring (bicyclic) bond motifs is 1. The third kappa shape index (κ3) is 6.95. The fraction of sp³-hybridized carbons (Fsp3) is 0.393. The van der Waals surface area contributed by atoms with Gasteiger partial charge in [0.2, 0.25) is 17.7 Å². The molecule has 4 N–H and O–H groups in total. The Balaban J connectivity index is 1.47. The smallest absolute Gasteiger partial charge is 0.242 e. The SMILES string of the molecule is C[C@@H]1NC(=O)CCCN(Cc2ccccc2)CCCNC(=O)[C@@H](Cc2c[nH]c3ccccc23)NC1=O. The minimum Gasteiger partial charge on any atom is -0.361 e. The van der Waals surface area contributed by atoms with E-state index in [1.807, 2.05) is 48.7 Å². The maximum atomic E-state index is 13.2. The second-order valence-electron chi connectivity index (χ2n) is 9.42. The van der Waals surface area contributed by atoms with E-state index in [1.165, 1.54) is 5.56 Å². The zero-order valence-corrected chi connectivity index (χ0v) is 20.8. The molecule has 36 heavy (non-hydrogen) atoms. The molecule has 1 aromatic heterocycles. The number of aromatic amines is 1. The van der Waals surface area contributed by atoms with Gasteiger partial charge in [-0.05, 0) is 43.5 Å². The molecule has 1 aliphatic heterocycles. The second kappa shape index (κ2) is 12.4. The third-order valence-electron chi connectivity index (χ3n) is 6.58. The minimum absolute atomic E-state index is 0.162. The molecule has 2 heterocycles. The molecule has 1 saturated heterocycles. The lowest BCUT2D eigenvalue weighted by atomic mass is 10.0. The zero-order chi connectivity index (χ0) is 25.3. The van der Waals surface area contributed by atoms with Crippen LogP contribution < -0.4 is 16.0 Å².